The van der Waals surface area contributed by atoms with Crippen molar-refractivity contribution in [1.29, 1.82) is 0 Å². The summed E-state index contributed by atoms with van der Waals surface area (Å²) in [6, 6.07) is 6.78. The van der Waals surface area contributed by atoms with Gasteiger partial charge in [-0.2, -0.15) is 0 Å². The van der Waals surface area contributed by atoms with E-state index in [1.54, 1.807) is 19.1 Å². The van der Waals surface area contributed by atoms with E-state index < -0.39 is 11.6 Å². The average Bonchev–Trinajstić information content (AvgIpc) is 2.48. The van der Waals surface area contributed by atoms with Crippen LogP contribution in [-0.2, 0) is 6.54 Å². The summed E-state index contributed by atoms with van der Waals surface area (Å²) in [5.41, 5.74) is 6.67. The first-order valence-electron chi connectivity index (χ1n) is 6.46. The van der Waals surface area contributed by atoms with Gasteiger partial charge < -0.3 is 10.6 Å². The fourth-order valence-corrected chi connectivity index (χ4v) is 1.93. The maximum atomic E-state index is 13.2. The van der Waals surface area contributed by atoms with Gasteiger partial charge in [-0.3, -0.25) is 4.79 Å². The number of hydrogen-bond acceptors (Lipinski definition) is 3. The molecule has 0 spiro atoms. The Hall–Kier alpha value is -2.50. The number of nitrogens with zero attached hydrogens (tertiary/aromatic N) is 2. The Kier molecular flexibility index (Phi) is 4.47. The Morgan fingerprint density at radius 2 is 2.05 bits per heavy atom. The Labute approximate surface area is 121 Å². The molecule has 0 atom stereocenters. The molecular formula is C15H15F2N3O. The predicted octanol–water partition coefficient (Wildman–Crippen LogP) is 2.60. The molecule has 0 fully saturated rings. The van der Waals surface area contributed by atoms with Crippen LogP contribution in [0, 0.1) is 11.6 Å². The molecule has 4 nitrogen and oxygen atoms in total. The van der Waals surface area contributed by atoms with Gasteiger partial charge >= 0.3 is 0 Å². The first kappa shape index (κ1) is 14.9. The molecule has 0 aliphatic rings. The molecule has 0 aliphatic heterocycles. The minimum absolute atomic E-state index is 0.155. The Bertz CT molecular complexity index is 661. The van der Waals surface area contributed by atoms with Crippen LogP contribution in [0.4, 0.5) is 14.5 Å². The summed E-state index contributed by atoms with van der Waals surface area (Å²) in [5.74, 6) is -2.20. The molecule has 1 amide bonds. The highest BCUT2D eigenvalue weighted by atomic mass is 19.2. The quantitative estimate of drug-likeness (QED) is 0.942. The van der Waals surface area contributed by atoms with Crippen LogP contribution in [0.15, 0.2) is 36.5 Å². The van der Waals surface area contributed by atoms with Crippen LogP contribution in [0.3, 0.4) is 0 Å². The monoisotopic (exact) mass is 291 g/mol. The van der Waals surface area contributed by atoms with Gasteiger partial charge in [-0.15, -0.1) is 0 Å². The number of halogens is 2. The fourth-order valence-electron chi connectivity index (χ4n) is 1.93. The number of nitrogens with two attached hydrogens (primary N) is 1. The molecule has 0 bridgehead atoms. The minimum atomic E-state index is -0.937. The number of carbonyl (C=O) groups excluding carboxylic acids is 1. The summed E-state index contributed by atoms with van der Waals surface area (Å²) < 4.78 is 26.1. The number of benzene rings is 1. The molecule has 2 N–H and O–H groups in total. The summed E-state index contributed by atoms with van der Waals surface area (Å²) in [6.07, 6.45) is 1.48. The SMILES string of the molecule is CCN(Cc1ccc(F)c(F)c1)C(=O)c1ncccc1N. The van der Waals surface area contributed by atoms with E-state index in [0.29, 0.717) is 12.1 Å². The first-order chi connectivity index (χ1) is 10.0. The molecule has 6 heteroatoms. The van der Waals surface area contributed by atoms with Crippen LogP contribution >= 0.6 is 0 Å². The van der Waals surface area contributed by atoms with Crippen molar-refractivity contribution in [3.8, 4) is 0 Å². The number of aromatic nitrogens is 1. The molecule has 1 heterocycles. The van der Waals surface area contributed by atoms with Gasteiger partial charge in [0.25, 0.3) is 5.91 Å². The van der Waals surface area contributed by atoms with E-state index in [4.69, 9.17) is 5.73 Å². The Balaban J connectivity index is 2.21. The smallest absolute Gasteiger partial charge is 0.274 e. The third-order valence-corrected chi connectivity index (χ3v) is 3.07. The van der Waals surface area contributed by atoms with Crippen molar-refractivity contribution < 1.29 is 13.6 Å². The van der Waals surface area contributed by atoms with Crippen molar-refractivity contribution in [2.24, 2.45) is 0 Å². The van der Waals surface area contributed by atoms with Gasteiger partial charge in [0.15, 0.2) is 17.3 Å². The van der Waals surface area contributed by atoms with Gasteiger partial charge in [0.1, 0.15) is 0 Å². The average molecular weight is 291 g/mol. The summed E-state index contributed by atoms with van der Waals surface area (Å²) in [4.78, 5) is 17.8. The zero-order valence-corrected chi connectivity index (χ0v) is 11.5. The van der Waals surface area contributed by atoms with Gasteiger partial charge in [0, 0.05) is 19.3 Å². The lowest BCUT2D eigenvalue weighted by Crippen LogP contribution is -2.31. The molecule has 0 saturated heterocycles. The molecule has 110 valence electrons. The van der Waals surface area contributed by atoms with Crippen molar-refractivity contribution in [2.45, 2.75) is 13.5 Å². The van der Waals surface area contributed by atoms with E-state index >= 15 is 0 Å². The van der Waals surface area contributed by atoms with Crippen LogP contribution in [0.25, 0.3) is 0 Å². The van der Waals surface area contributed by atoms with Crippen molar-refractivity contribution in [3.63, 3.8) is 0 Å². The van der Waals surface area contributed by atoms with Crippen LogP contribution in [0.5, 0.6) is 0 Å². The lowest BCUT2D eigenvalue weighted by atomic mass is 10.2. The number of carbonyl (C=O) groups is 1. The number of anilines is 1. The third-order valence-electron chi connectivity index (χ3n) is 3.07. The van der Waals surface area contributed by atoms with Crippen molar-refractivity contribution in [2.75, 3.05) is 12.3 Å². The molecule has 21 heavy (non-hydrogen) atoms. The summed E-state index contributed by atoms with van der Waals surface area (Å²) in [6.45, 7) is 2.34. The second kappa shape index (κ2) is 6.30. The predicted molar refractivity (Wildman–Crippen MR) is 75.4 cm³/mol. The molecule has 0 unspecified atom stereocenters. The van der Waals surface area contributed by atoms with Gasteiger partial charge in [-0.25, -0.2) is 13.8 Å². The van der Waals surface area contributed by atoms with Gasteiger partial charge in [-0.05, 0) is 36.8 Å². The molecule has 2 rings (SSSR count). The highest BCUT2D eigenvalue weighted by molar-refractivity contribution is 5.97. The van der Waals surface area contributed by atoms with Crippen LogP contribution in [-0.4, -0.2) is 22.3 Å². The number of pyridine rings is 1. The van der Waals surface area contributed by atoms with Crippen molar-refractivity contribution in [3.05, 3.63) is 59.4 Å². The fraction of sp³-hybridized carbons (Fsp3) is 0.200. The topological polar surface area (TPSA) is 59.2 Å². The maximum absolute atomic E-state index is 13.2. The van der Waals surface area contributed by atoms with Crippen molar-refractivity contribution in [1.82, 2.24) is 9.88 Å². The second-order valence-electron chi connectivity index (χ2n) is 4.51. The van der Waals surface area contributed by atoms with E-state index in [1.807, 2.05) is 0 Å². The highest BCUT2D eigenvalue weighted by Gasteiger charge is 2.18. The second-order valence-corrected chi connectivity index (χ2v) is 4.51. The Morgan fingerprint density at radius 3 is 2.67 bits per heavy atom. The summed E-state index contributed by atoms with van der Waals surface area (Å²) >= 11 is 0. The Morgan fingerprint density at radius 1 is 1.29 bits per heavy atom. The third kappa shape index (κ3) is 3.34. The van der Waals surface area contributed by atoms with E-state index in [1.165, 1.54) is 17.2 Å². The van der Waals surface area contributed by atoms with Crippen LogP contribution < -0.4 is 5.73 Å². The molecule has 0 saturated carbocycles. The zero-order valence-electron chi connectivity index (χ0n) is 11.5. The molecule has 0 radical (unpaired) electrons. The van der Waals surface area contributed by atoms with Gasteiger partial charge in [0.05, 0.1) is 5.69 Å². The van der Waals surface area contributed by atoms with E-state index in [2.05, 4.69) is 4.98 Å². The molecule has 1 aromatic carbocycles. The summed E-state index contributed by atoms with van der Waals surface area (Å²) in [7, 11) is 0. The van der Waals surface area contributed by atoms with Gasteiger partial charge in [0.2, 0.25) is 0 Å². The number of rotatable bonds is 4. The lowest BCUT2D eigenvalue weighted by Gasteiger charge is -2.21. The first-order valence-corrected chi connectivity index (χ1v) is 6.46. The van der Waals surface area contributed by atoms with E-state index in [-0.39, 0.29) is 23.8 Å². The summed E-state index contributed by atoms with van der Waals surface area (Å²) in [5, 5.41) is 0. The van der Waals surface area contributed by atoms with Crippen LogP contribution in [0.2, 0.25) is 0 Å². The number of hydrogen-bond donors (Lipinski definition) is 1. The van der Waals surface area contributed by atoms with Gasteiger partial charge in [-0.1, -0.05) is 6.07 Å². The van der Waals surface area contributed by atoms with Crippen molar-refractivity contribution >= 4 is 11.6 Å². The highest BCUT2D eigenvalue weighted by Crippen LogP contribution is 2.15. The zero-order chi connectivity index (χ0) is 15.4. The largest absolute Gasteiger partial charge is 0.397 e. The van der Waals surface area contributed by atoms with E-state index in [9.17, 15) is 13.6 Å². The number of amides is 1. The standard InChI is InChI=1S/C15H15F2N3O/c1-2-20(9-10-5-6-11(16)12(17)8-10)15(21)14-13(18)4-3-7-19-14/h3-8H,2,9,18H2,1H3. The van der Waals surface area contributed by atoms with Crippen LogP contribution in [0.1, 0.15) is 23.0 Å². The van der Waals surface area contributed by atoms with E-state index in [0.717, 1.165) is 12.1 Å². The number of nitrogen functional groups attached to an aromatic ring is 1. The normalized spacial score (nSPS) is 10.4. The molecule has 0 aliphatic carbocycles. The molecular weight excluding hydrogens is 276 g/mol. The molecule has 2 aromatic rings. The lowest BCUT2D eigenvalue weighted by molar-refractivity contribution is 0.0747. The maximum Gasteiger partial charge on any atom is 0.274 e. The minimum Gasteiger partial charge on any atom is -0.397 e. The molecule has 1 aromatic heterocycles.